The predicted molar refractivity (Wildman–Crippen MR) is 80.1 cm³/mol. The Labute approximate surface area is 118 Å². The number of nitrogens with one attached hydrogen (secondary N) is 2. The van der Waals surface area contributed by atoms with Crippen molar-refractivity contribution in [2.24, 2.45) is 0 Å². The molecule has 0 fully saturated rings. The van der Waals surface area contributed by atoms with E-state index in [1.165, 1.54) is 6.07 Å². The zero-order valence-corrected chi connectivity index (χ0v) is 11.9. The highest BCUT2D eigenvalue weighted by atomic mass is 16.2. The van der Waals surface area contributed by atoms with Crippen LogP contribution in [0.15, 0.2) is 18.2 Å². The summed E-state index contributed by atoms with van der Waals surface area (Å²) in [6.45, 7) is 4.20. The molecule has 6 N–H and O–H groups in total. The van der Waals surface area contributed by atoms with Crippen molar-refractivity contribution in [3.63, 3.8) is 0 Å². The SMILES string of the molecule is CCC(C)NC(=O)CCNC(=O)c1ccc(N)cc1N. The van der Waals surface area contributed by atoms with Crippen LogP contribution in [0, 0.1) is 0 Å². The molecule has 1 aromatic rings. The third kappa shape index (κ3) is 4.79. The summed E-state index contributed by atoms with van der Waals surface area (Å²) in [4.78, 5) is 23.4. The van der Waals surface area contributed by atoms with E-state index in [1.807, 2.05) is 13.8 Å². The molecule has 0 aliphatic rings. The molecule has 0 heterocycles. The number of nitrogen functional groups attached to an aromatic ring is 2. The zero-order valence-electron chi connectivity index (χ0n) is 11.9. The summed E-state index contributed by atoms with van der Waals surface area (Å²) in [7, 11) is 0. The van der Waals surface area contributed by atoms with Gasteiger partial charge in [-0.15, -0.1) is 0 Å². The number of carbonyl (C=O) groups excluding carboxylic acids is 2. The van der Waals surface area contributed by atoms with Crippen LogP contribution in [-0.4, -0.2) is 24.4 Å². The monoisotopic (exact) mass is 278 g/mol. The summed E-state index contributed by atoms with van der Waals surface area (Å²) in [5.41, 5.74) is 12.5. The lowest BCUT2D eigenvalue weighted by atomic mass is 10.1. The Morgan fingerprint density at radius 2 is 2.00 bits per heavy atom. The summed E-state index contributed by atoms with van der Waals surface area (Å²) >= 11 is 0. The molecule has 1 rings (SSSR count). The maximum absolute atomic E-state index is 11.9. The van der Waals surface area contributed by atoms with Gasteiger partial charge >= 0.3 is 0 Å². The Hall–Kier alpha value is -2.24. The normalized spacial score (nSPS) is 11.7. The van der Waals surface area contributed by atoms with Crippen molar-refractivity contribution in [3.8, 4) is 0 Å². The Balaban J connectivity index is 2.42. The van der Waals surface area contributed by atoms with E-state index >= 15 is 0 Å². The van der Waals surface area contributed by atoms with Crippen LogP contribution in [0.2, 0.25) is 0 Å². The van der Waals surface area contributed by atoms with Crippen LogP contribution in [0.3, 0.4) is 0 Å². The minimum absolute atomic E-state index is 0.0788. The van der Waals surface area contributed by atoms with Crippen LogP contribution in [-0.2, 0) is 4.79 Å². The quantitative estimate of drug-likeness (QED) is 0.579. The molecule has 1 unspecified atom stereocenters. The summed E-state index contributed by atoms with van der Waals surface area (Å²) in [5.74, 6) is -0.385. The first-order chi connectivity index (χ1) is 9.43. The van der Waals surface area contributed by atoms with Gasteiger partial charge in [0.1, 0.15) is 0 Å². The molecule has 1 aromatic carbocycles. The van der Waals surface area contributed by atoms with Crippen molar-refractivity contribution in [3.05, 3.63) is 23.8 Å². The Morgan fingerprint density at radius 3 is 2.60 bits per heavy atom. The van der Waals surface area contributed by atoms with Gasteiger partial charge in [0, 0.05) is 30.4 Å². The molecule has 0 spiro atoms. The van der Waals surface area contributed by atoms with E-state index in [4.69, 9.17) is 11.5 Å². The molecular formula is C14H22N4O2. The van der Waals surface area contributed by atoms with Crippen molar-refractivity contribution in [1.29, 1.82) is 0 Å². The molecule has 2 amide bonds. The summed E-state index contributed by atoms with van der Waals surface area (Å²) in [5, 5.41) is 5.49. The first-order valence-electron chi connectivity index (χ1n) is 6.66. The van der Waals surface area contributed by atoms with E-state index in [1.54, 1.807) is 12.1 Å². The topological polar surface area (TPSA) is 110 Å². The van der Waals surface area contributed by atoms with E-state index < -0.39 is 0 Å². The van der Waals surface area contributed by atoms with Crippen molar-refractivity contribution in [1.82, 2.24) is 10.6 Å². The minimum Gasteiger partial charge on any atom is -0.399 e. The second-order valence-corrected chi connectivity index (χ2v) is 4.73. The molecule has 0 aliphatic carbocycles. The average Bonchev–Trinajstić information content (AvgIpc) is 2.38. The second kappa shape index (κ2) is 7.37. The van der Waals surface area contributed by atoms with Gasteiger partial charge < -0.3 is 22.1 Å². The summed E-state index contributed by atoms with van der Waals surface area (Å²) in [6.07, 6.45) is 1.12. The highest BCUT2D eigenvalue weighted by Crippen LogP contribution is 2.15. The fourth-order valence-corrected chi connectivity index (χ4v) is 1.62. The van der Waals surface area contributed by atoms with Crippen molar-refractivity contribution in [2.45, 2.75) is 32.7 Å². The lowest BCUT2D eigenvalue weighted by molar-refractivity contribution is -0.121. The Bertz CT molecular complexity index is 488. The number of carbonyl (C=O) groups is 2. The molecule has 0 saturated heterocycles. The molecule has 0 radical (unpaired) electrons. The maximum Gasteiger partial charge on any atom is 0.253 e. The van der Waals surface area contributed by atoms with Gasteiger partial charge in [0.25, 0.3) is 5.91 Å². The average molecular weight is 278 g/mol. The molecule has 0 aliphatic heterocycles. The van der Waals surface area contributed by atoms with Crippen LogP contribution >= 0.6 is 0 Å². The molecule has 0 bridgehead atoms. The van der Waals surface area contributed by atoms with E-state index in [9.17, 15) is 9.59 Å². The smallest absolute Gasteiger partial charge is 0.253 e. The van der Waals surface area contributed by atoms with Gasteiger partial charge in [-0.3, -0.25) is 9.59 Å². The molecule has 0 saturated carbocycles. The third-order valence-electron chi connectivity index (χ3n) is 2.98. The van der Waals surface area contributed by atoms with Gasteiger partial charge in [0.2, 0.25) is 5.91 Å². The first kappa shape index (κ1) is 15.8. The van der Waals surface area contributed by atoms with Crippen molar-refractivity contribution >= 4 is 23.2 Å². The standard InChI is InChI=1S/C14H22N4O2/c1-3-9(2)18-13(19)6-7-17-14(20)11-5-4-10(15)8-12(11)16/h4-5,8-9H,3,6-7,15-16H2,1-2H3,(H,17,20)(H,18,19). The maximum atomic E-state index is 11.9. The van der Waals surface area contributed by atoms with Crippen LogP contribution < -0.4 is 22.1 Å². The molecule has 1 atom stereocenters. The second-order valence-electron chi connectivity index (χ2n) is 4.73. The number of benzene rings is 1. The molecule has 6 heteroatoms. The molecule has 110 valence electrons. The highest BCUT2D eigenvalue weighted by Gasteiger charge is 2.10. The zero-order chi connectivity index (χ0) is 15.1. The summed E-state index contributed by atoms with van der Waals surface area (Å²) in [6, 6.07) is 4.86. The van der Waals surface area contributed by atoms with Gasteiger partial charge in [0.15, 0.2) is 0 Å². The van der Waals surface area contributed by atoms with Gasteiger partial charge in [-0.1, -0.05) is 6.92 Å². The first-order valence-corrected chi connectivity index (χ1v) is 6.66. The van der Waals surface area contributed by atoms with E-state index in [0.29, 0.717) is 16.9 Å². The van der Waals surface area contributed by atoms with Gasteiger partial charge in [-0.25, -0.2) is 0 Å². The number of rotatable bonds is 6. The fourth-order valence-electron chi connectivity index (χ4n) is 1.62. The van der Waals surface area contributed by atoms with Crippen LogP contribution in [0.25, 0.3) is 0 Å². The van der Waals surface area contributed by atoms with E-state index in [0.717, 1.165) is 6.42 Å². The highest BCUT2D eigenvalue weighted by molar-refractivity contribution is 5.99. The predicted octanol–water partition coefficient (Wildman–Crippen LogP) is 0.886. The van der Waals surface area contributed by atoms with Gasteiger partial charge in [-0.05, 0) is 31.5 Å². The van der Waals surface area contributed by atoms with Crippen molar-refractivity contribution < 1.29 is 9.59 Å². The van der Waals surface area contributed by atoms with Crippen LogP contribution in [0.4, 0.5) is 11.4 Å². The summed E-state index contributed by atoms with van der Waals surface area (Å²) < 4.78 is 0. The van der Waals surface area contributed by atoms with Crippen molar-refractivity contribution in [2.75, 3.05) is 18.0 Å². The minimum atomic E-state index is -0.307. The lowest BCUT2D eigenvalue weighted by Gasteiger charge is -2.12. The van der Waals surface area contributed by atoms with Crippen LogP contribution in [0.1, 0.15) is 37.0 Å². The van der Waals surface area contributed by atoms with Gasteiger partial charge in [0.05, 0.1) is 5.56 Å². The molecular weight excluding hydrogens is 256 g/mol. The molecule has 6 nitrogen and oxygen atoms in total. The molecule has 0 aromatic heterocycles. The van der Waals surface area contributed by atoms with Crippen LogP contribution in [0.5, 0.6) is 0 Å². The number of hydrogen-bond acceptors (Lipinski definition) is 4. The van der Waals surface area contributed by atoms with E-state index in [-0.39, 0.29) is 30.8 Å². The number of hydrogen-bond donors (Lipinski definition) is 4. The fraction of sp³-hybridized carbons (Fsp3) is 0.429. The Morgan fingerprint density at radius 1 is 1.30 bits per heavy atom. The number of amides is 2. The van der Waals surface area contributed by atoms with E-state index in [2.05, 4.69) is 10.6 Å². The van der Waals surface area contributed by atoms with Gasteiger partial charge in [-0.2, -0.15) is 0 Å². The Kier molecular flexibility index (Phi) is 5.83. The third-order valence-corrected chi connectivity index (χ3v) is 2.98. The molecule has 20 heavy (non-hydrogen) atoms. The largest absolute Gasteiger partial charge is 0.399 e. The number of anilines is 2. The number of nitrogens with two attached hydrogens (primary N) is 2. The lowest BCUT2D eigenvalue weighted by Crippen LogP contribution is -2.35.